The van der Waals surface area contributed by atoms with Crippen molar-refractivity contribution in [2.24, 2.45) is 0 Å². The lowest BCUT2D eigenvalue weighted by Crippen LogP contribution is -2.18. The molecule has 90 valence electrons. The van der Waals surface area contributed by atoms with Gasteiger partial charge >= 0.3 is 0 Å². The molecule has 0 aromatic heterocycles. The molecule has 0 unspecified atom stereocenters. The average molecular weight is 290 g/mol. The highest BCUT2D eigenvalue weighted by Crippen LogP contribution is 2.34. The summed E-state index contributed by atoms with van der Waals surface area (Å²) in [5.41, 5.74) is 0.988. The van der Waals surface area contributed by atoms with E-state index in [0.717, 1.165) is 15.8 Å². The van der Waals surface area contributed by atoms with Crippen LogP contribution in [0.3, 0.4) is 0 Å². The fourth-order valence-corrected chi connectivity index (χ4v) is 1.92. The summed E-state index contributed by atoms with van der Waals surface area (Å²) in [7, 11) is 3.22. The van der Waals surface area contributed by atoms with Gasteiger partial charge in [-0.3, -0.25) is 0 Å². The first kappa shape index (κ1) is 13.3. The molecule has 1 aromatic carbocycles. The molecule has 0 saturated carbocycles. The Balaban J connectivity index is 2.91. The monoisotopic (exact) mass is 289 g/mol. The zero-order valence-electron chi connectivity index (χ0n) is 9.42. The van der Waals surface area contributed by atoms with Crippen LogP contribution in [0.15, 0.2) is 16.6 Å². The van der Waals surface area contributed by atoms with E-state index in [4.69, 9.17) is 14.6 Å². The highest BCUT2D eigenvalue weighted by molar-refractivity contribution is 9.10. The Bertz CT molecular complexity index is 344. The minimum Gasteiger partial charge on any atom is -0.493 e. The van der Waals surface area contributed by atoms with Crippen molar-refractivity contribution in [2.75, 3.05) is 27.4 Å². The number of nitrogens with one attached hydrogen (secondary N) is 1. The number of ether oxygens (including phenoxy) is 2. The molecule has 1 rings (SSSR count). The quantitative estimate of drug-likeness (QED) is 0.781. The van der Waals surface area contributed by atoms with E-state index in [-0.39, 0.29) is 6.61 Å². The topological polar surface area (TPSA) is 50.7 Å². The van der Waals surface area contributed by atoms with Crippen LogP contribution in [0.5, 0.6) is 11.5 Å². The third kappa shape index (κ3) is 3.37. The number of methoxy groups -OCH3 is 2. The van der Waals surface area contributed by atoms with Gasteiger partial charge in [0.15, 0.2) is 11.5 Å². The lowest BCUT2D eigenvalue weighted by Gasteiger charge is -2.13. The normalized spacial score (nSPS) is 10.2. The first-order valence-corrected chi connectivity index (χ1v) is 5.74. The fourth-order valence-electron chi connectivity index (χ4n) is 1.44. The lowest BCUT2D eigenvalue weighted by atomic mass is 10.2. The van der Waals surface area contributed by atoms with E-state index < -0.39 is 0 Å². The number of aliphatic hydroxyl groups is 1. The van der Waals surface area contributed by atoms with Crippen molar-refractivity contribution in [2.45, 2.75) is 6.54 Å². The number of halogens is 1. The summed E-state index contributed by atoms with van der Waals surface area (Å²) < 4.78 is 11.5. The van der Waals surface area contributed by atoms with Crippen molar-refractivity contribution in [3.05, 3.63) is 22.2 Å². The number of rotatable bonds is 6. The minimum absolute atomic E-state index is 0.119. The van der Waals surface area contributed by atoms with Gasteiger partial charge in [-0.1, -0.05) is 15.9 Å². The van der Waals surface area contributed by atoms with E-state index in [2.05, 4.69) is 21.2 Å². The van der Waals surface area contributed by atoms with Gasteiger partial charge in [0.25, 0.3) is 0 Å². The molecule has 0 heterocycles. The number of benzene rings is 1. The van der Waals surface area contributed by atoms with Gasteiger partial charge in [-0.25, -0.2) is 0 Å². The molecule has 0 radical (unpaired) electrons. The molecule has 0 aliphatic carbocycles. The van der Waals surface area contributed by atoms with Crippen LogP contribution in [0, 0.1) is 0 Å². The zero-order chi connectivity index (χ0) is 12.0. The van der Waals surface area contributed by atoms with Crippen LogP contribution in [0.25, 0.3) is 0 Å². The van der Waals surface area contributed by atoms with Gasteiger partial charge in [0.1, 0.15) is 0 Å². The maximum absolute atomic E-state index is 8.70. The third-order valence-electron chi connectivity index (χ3n) is 2.12. The second-order valence-electron chi connectivity index (χ2n) is 3.20. The molecule has 0 amide bonds. The Labute approximate surface area is 104 Å². The summed E-state index contributed by atoms with van der Waals surface area (Å²) in [6.07, 6.45) is 0. The van der Waals surface area contributed by atoms with Crippen LogP contribution in [-0.4, -0.2) is 32.5 Å². The van der Waals surface area contributed by atoms with Crippen LogP contribution in [0.4, 0.5) is 0 Å². The molecule has 5 heteroatoms. The van der Waals surface area contributed by atoms with Crippen molar-refractivity contribution >= 4 is 15.9 Å². The molecule has 0 aliphatic heterocycles. The molecule has 1 aromatic rings. The zero-order valence-corrected chi connectivity index (χ0v) is 11.0. The molecule has 0 fully saturated rings. The van der Waals surface area contributed by atoms with E-state index in [1.54, 1.807) is 14.2 Å². The fraction of sp³-hybridized carbons (Fsp3) is 0.455. The van der Waals surface area contributed by atoms with Gasteiger partial charge in [-0.05, 0) is 12.1 Å². The molecule has 0 saturated heterocycles. The summed E-state index contributed by atoms with van der Waals surface area (Å²) in [6.45, 7) is 1.30. The number of hydrogen-bond donors (Lipinski definition) is 2. The molecule has 0 spiro atoms. The molecule has 2 N–H and O–H groups in total. The van der Waals surface area contributed by atoms with Crippen LogP contribution in [-0.2, 0) is 6.54 Å². The van der Waals surface area contributed by atoms with Crippen molar-refractivity contribution in [1.82, 2.24) is 5.32 Å². The smallest absolute Gasteiger partial charge is 0.165 e. The number of aliphatic hydroxyl groups excluding tert-OH is 1. The van der Waals surface area contributed by atoms with E-state index in [9.17, 15) is 0 Å². The Morgan fingerprint density at radius 3 is 2.62 bits per heavy atom. The van der Waals surface area contributed by atoms with E-state index in [1.807, 2.05) is 12.1 Å². The summed E-state index contributed by atoms with van der Waals surface area (Å²) in [4.78, 5) is 0. The van der Waals surface area contributed by atoms with E-state index >= 15 is 0 Å². The predicted molar refractivity (Wildman–Crippen MR) is 66.0 cm³/mol. The van der Waals surface area contributed by atoms with Crippen molar-refractivity contribution in [3.63, 3.8) is 0 Å². The van der Waals surface area contributed by atoms with E-state index in [0.29, 0.717) is 18.8 Å². The Morgan fingerprint density at radius 1 is 1.31 bits per heavy atom. The van der Waals surface area contributed by atoms with Crippen molar-refractivity contribution < 1.29 is 14.6 Å². The van der Waals surface area contributed by atoms with Crippen molar-refractivity contribution in [3.8, 4) is 11.5 Å². The lowest BCUT2D eigenvalue weighted by molar-refractivity contribution is 0.291. The third-order valence-corrected chi connectivity index (χ3v) is 2.58. The van der Waals surface area contributed by atoms with Crippen LogP contribution >= 0.6 is 15.9 Å². The standard InChI is InChI=1S/C11H16BrNO3/c1-15-10-6-9(12)5-8(11(10)16-2)7-13-3-4-14/h5-6,13-14H,3-4,7H2,1-2H3. The van der Waals surface area contributed by atoms with Gasteiger partial charge in [0.05, 0.1) is 20.8 Å². The first-order valence-electron chi connectivity index (χ1n) is 4.95. The molecular formula is C11H16BrNO3. The predicted octanol–water partition coefficient (Wildman–Crippen LogP) is 1.55. The Hall–Kier alpha value is -0.780. The van der Waals surface area contributed by atoms with Gasteiger partial charge in [0.2, 0.25) is 0 Å². The van der Waals surface area contributed by atoms with E-state index in [1.165, 1.54) is 0 Å². The van der Waals surface area contributed by atoms with Gasteiger partial charge < -0.3 is 19.9 Å². The Kier molecular flexibility index (Phi) is 5.59. The van der Waals surface area contributed by atoms with Gasteiger partial charge in [-0.15, -0.1) is 0 Å². The van der Waals surface area contributed by atoms with Crippen LogP contribution in [0.1, 0.15) is 5.56 Å². The molecular weight excluding hydrogens is 274 g/mol. The average Bonchev–Trinajstić information content (AvgIpc) is 2.28. The van der Waals surface area contributed by atoms with Crippen LogP contribution in [0.2, 0.25) is 0 Å². The van der Waals surface area contributed by atoms with Crippen LogP contribution < -0.4 is 14.8 Å². The molecule has 0 atom stereocenters. The van der Waals surface area contributed by atoms with Gasteiger partial charge in [-0.2, -0.15) is 0 Å². The highest BCUT2D eigenvalue weighted by atomic mass is 79.9. The maximum Gasteiger partial charge on any atom is 0.165 e. The second-order valence-corrected chi connectivity index (χ2v) is 4.12. The summed E-state index contributed by atoms with van der Waals surface area (Å²) in [5, 5.41) is 11.8. The second kappa shape index (κ2) is 6.73. The Morgan fingerprint density at radius 2 is 2.06 bits per heavy atom. The van der Waals surface area contributed by atoms with Crippen molar-refractivity contribution in [1.29, 1.82) is 0 Å². The molecule has 0 aliphatic rings. The highest BCUT2D eigenvalue weighted by Gasteiger charge is 2.10. The number of hydrogen-bond acceptors (Lipinski definition) is 4. The summed E-state index contributed by atoms with van der Waals surface area (Å²) in [6, 6.07) is 3.82. The molecule has 4 nitrogen and oxygen atoms in total. The maximum atomic E-state index is 8.70. The summed E-state index contributed by atoms with van der Waals surface area (Å²) in [5.74, 6) is 1.41. The minimum atomic E-state index is 0.119. The first-order chi connectivity index (χ1) is 7.72. The molecule has 0 bridgehead atoms. The largest absolute Gasteiger partial charge is 0.493 e. The molecule has 16 heavy (non-hydrogen) atoms. The summed E-state index contributed by atoms with van der Waals surface area (Å²) >= 11 is 3.41. The SMILES string of the molecule is COc1cc(Br)cc(CNCCO)c1OC. The van der Waals surface area contributed by atoms with Gasteiger partial charge in [0, 0.05) is 23.1 Å².